The molecule has 0 saturated carbocycles. The van der Waals surface area contributed by atoms with Crippen LogP contribution in [0.15, 0.2) is 35.0 Å². The second-order valence-corrected chi connectivity index (χ2v) is 10.2. The summed E-state index contributed by atoms with van der Waals surface area (Å²) in [5.41, 5.74) is 2.82. The van der Waals surface area contributed by atoms with Gasteiger partial charge in [0, 0.05) is 40.3 Å². The van der Waals surface area contributed by atoms with Gasteiger partial charge in [-0.1, -0.05) is 12.1 Å². The minimum Gasteiger partial charge on any atom is -0.143 e. The van der Waals surface area contributed by atoms with Crippen LogP contribution in [0.25, 0.3) is 49.7 Å². The average Bonchev–Trinajstić information content (AvgIpc) is 3.30. The summed E-state index contributed by atoms with van der Waals surface area (Å²) in [4.78, 5) is 0. The lowest BCUT2D eigenvalue weighted by Crippen LogP contribution is -1.69. The van der Waals surface area contributed by atoms with Crippen LogP contribution in [0.4, 0.5) is 0 Å². The number of rotatable bonds is 0. The van der Waals surface area contributed by atoms with Crippen LogP contribution in [0.3, 0.4) is 0 Å². The Morgan fingerprint density at radius 3 is 1.50 bits per heavy atom. The van der Waals surface area contributed by atoms with Crippen LogP contribution in [0.5, 0.6) is 0 Å². The summed E-state index contributed by atoms with van der Waals surface area (Å²) >= 11 is 7.69. The molecule has 0 nitrogen and oxygen atoms in total. The van der Waals surface area contributed by atoms with Gasteiger partial charge in [-0.15, -0.1) is 45.3 Å². The lowest BCUT2D eigenvalue weighted by Gasteiger charge is -1.97. The summed E-state index contributed by atoms with van der Waals surface area (Å²) in [5, 5.41) is 10.4. The number of hydrogen-bond acceptors (Lipinski definition) is 4. The molecule has 0 unspecified atom stereocenters. The van der Waals surface area contributed by atoms with Gasteiger partial charge in [0.25, 0.3) is 0 Å². The quantitative estimate of drug-likeness (QED) is 0.248. The van der Waals surface area contributed by atoms with E-state index in [4.69, 9.17) is 0 Å². The van der Waals surface area contributed by atoms with Crippen molar-refractivity contribution in [3.05, 3.63) is 46.2 Å². The Morgan fingerprint density at radius 2 is 1.04 bits per heavy atom. The topological polar surface area (TPSA) is 0 Å². The van der Waals surface area contributed by atoms with Crippen molar-refractivity contribution >= 4 is 95.1 Å². The van der Waals surface area contributed by atoms with Crippen LogP contribution < -0.4 is 0 Å². The maximum atomic E-state index is 2.33. The molecule has 4 aromatic heterocycles. The van der Waals surface area contributed by atoms with Crippen molar-refractivity contribution < 1.29 is 0 Å². The molecular formula is C20H12S4. The standard InChI is InChI=1S/C20H12S4/c1-9-7-21-13-5-3-11-17(15(9)13)23-20-12-4-6-14-16(10(2)8-22-14)18(12)24-19(11)20/h3-8H,1-2H3. The highest BCUT2D eigenvalue weighted by Gasteiger charge is 2.17. The molecule has 0 spiro atoms. The highest BCUT2D eigenvalue weighted by molar-refractivity contribution is 7.37. The molecule has 0 atom stereocenters. The van der Waals surface area contributed by atoms with Crippen LogP contribution >= 0.6 is 45.3 Å². The molecule has 24 heavy (non-hydrogen) atoms. The molecule has 0 aliphatic rings. The van der Waals surface area contributed by atoms with E-state index in [1.165, 1.54) is 60.9 Å². The van der Waals surface area contributed by atoms with E-state index in [9.17, 15) is 0 Å². The molecule has 0 bridgehead atoms. The third-order valence-electron chi connectivity index (χ3n) is 4.86. The first-order valence-corrected chi connectivity index (χ1v) is 11.2. The van der Waals surface area contributed by atoms with Crippen molar-refractivity contribution in [1.29, 1.82) is 0 Å². The summed E-state index contributed by atoms with van der Waals surface area (Å²) in [6.07, 6.45) is 0. The number of fused-ring (bicyclic) bond motifs is 9. The lowest BCUT2D eigenvalue weighted by atomic mass is 10.1. The van der Waals surface area contributed by atoms with E-state index in [2.05, 4.69) is 48.9 Å². The zero-order valence-corrected chi connectivity index (χ0v) is 16.4. The van der Waals surface area contributed by atoms with Gasteiger partial charge in [0.15, 0.2) is 0 Å². The lowest BCUT2D eigenvalue weighted by molar-refractivity contribution is 1.62. The van der Waals surface area contributed by atoms with Crippen molar-refractivity contribution in [2.24, 2.45) is 0 Å². The van der Waals surface area contributed by atoms with Crippen molar-refractivity contribution in [2.75, 3.05) is 0 Å². The second kappa shape index (κ2) is 4.58. The van der Waals surface area contributed by atoms with Crippen LogP contribution in [-0.2, 0) is 0 Å². The normalized spacial score (nSPS) is 12.6. The van der Waals surface area contributed by atoms with Crippen molar-refractivity contribution in [3.8, 4) is 0 Å². The molecule has 6 rings (SSSR count). The van der Waals surface area contributed by atoms with E-state index in [1.54, 1.807) is 0 Å². The molecular weight excluding hydrogens is 368 g/mol. The Balaban J connectivity index is 1.89. The first-order chi connectivity index (χ1) is 11.7. The zero-order valence-electron chi connectivity index (χ0n) is 13.1. The summed E-state index contributed by atoms with van der Waals surface area (Å²) < 4.78 is 8.70. The smallest absolute Gasteiger partial charge is 0.0542 e. The van der Waals surface area contributed by atoms with Gasteiger partial charge in [-0.2, -0.15) is 0 Å². The molecule has 6 aromatic rings. The maximum Gasteiger partial charge on any atom is 0.0542 e. The predicted octanol–water partition coefficient (Wildman–Crippen LogP) is 8.32. The molecule has 0 saturated heterocycles. The number of aryl methyl sites for hydroxylation is 2. The highest BCUT2D eigenvalue weighted by atomic mass is 32.1. The molecule has 0 fully saturated rings. The second-order valence-electron chi connectivity index (χ2n) is 6.33. The van der Waals surface area contributed by atoms with Crippen LogP contribution in [0, 0.1) is 13.8 Å². The first-order valence-electron chi connectivity index (χ1n) is 7.84. The fraction of sp³-hybridized carbons (Fsp3) is 0.100. The Labute approximate surface area is 154 Å². The van der Waals surface area contributed by atoms with E-state index in [0.717, 1.165) is 0 Å². The predicted molar refractivity (Wildman–Crippen MR) is 115 cm³/mol. The molecule has 0 aliphatic carbocycles. The van der Waals surface area contributed by atoms with Crippen molar-refractivity contribution in [3.63, 3.8) is 0 Å². The molecule has 2 aromatic carbocycles. The Morgan fingerprint density at radius 1 is 0.583 bits per heavy atom. The third kappa shape index (κ3) is 1.58. The van der Waals surface area contributed by atoms with Gasteiger partial charge in [0.1, 0.15) is 0 Å². The fourth-order valence-corrected chi connectivity index (χ4v) is 8.80. The number of thiophene rings is 4. The first kappa shape index (κ1) is 13.8. The number of benzene rings is 2. The molecule has 0 amide bonds. The largest absolute Gasteiger partial charge is 0.143 e. The molecule has 4 heterocycles. The van der Waals surface area contributed by atoms with Gasteiger partial charge in [-0.25, -0.2) is 0 Å². The molecule has 0 aliphatic heterocycles. The fourth-order valence-electron chi connectivity index (χ4n) is 3.72. The molecule has 116 valence electrons. The minimum absolute atomic E-state index is 1.41. The third-order valence-corrected chi connectivity index (χ3v) is 9.63. The molecule has 0 N–H and O–H groups in total. The molecule has 4 heteroatoms. The van der Waals surface area contributed by atoms with Gasteiger partial charge in [-0.3, -0.25) is 0 Å². The van der Waals surface area contributed by atoms with Gasteiger partial charge >= 0.3 is 0 Å². The SMILES string of the molecule is Cc1csc2ccc3c4sc5c(ccc6scc(C)c65)c4sc3c12. The summed E-state index contributed by atoms with van der Waals surface area (Å²) in [6.45, 7) is 4.48. The average molecular weight is 381 g/mol. The molecule has 0 radical (unpaired) electrons. The van der Waals surface area contributed by atoms with Crippen LogP contribution in [0.2, 0.25) is 0 Å². The van der Waals surface area contributed by atoms with Gasteiger partial charge in [-0.05, 0) is 47.9 Å². The zero-order chi connectivity index (χ0) is 16.0. The Bertz CT molecular complexity index is 1310. The van der Waals surface area contributed by atoms with E-state index in [-0.39, 0.29) is 0 Å². The van der Waals surface area contributed by atoms with Gasteiger partial charge in [0.05, 0.1) is 9.40 Å². The minimum atomic E-state index is 1.41. The van der Waals surface area contributed by atoms with E-state index >= 15 is 0 Å². The van der Waals surface area contributed by atoms with Crippen LogP contribution in [-0.4, -0.2) is 0 Å². The number of hydrogen-bond donors (Lipinski definition) is 0. The summed E-state index contributed by atoms with van der Waals surface area (Å²) in [7, 11) is 0. The summed E-state index contributed by atoms with van der Waals surface area (Å²) in [5.74, 6) is 0. The van der Waals surface area contributed by atoms with Crippen molar-refractivity contribution in [2.45, 2.75) is 13.8 Å². The highest BCUT2D eigenvalue weighted by Crippen LogP contribution is 2.49. The monoisotopic (exact) mass is 380 g/mol. The van der Waals surface area contributed by atoms with E-state index < -0.39 is 0 Å². The Hall–Kier alpha value is -1.46. The van der Waals surface area contributed by atoms with Crippen LogP contribution in [0.1, 0.15) is 11.1 Å². The maximum absolute atomic E-state index is 2.33. The van der Waals surface area contributed by atoms with E-state index in [1.807, 2.05) is 45.3 Å². The van der Waals surface area contributed by atoms with E-state index in [0.29, 0.717) is 0 Å². The summed E-state index contributed by atoms with van der Waals surface area (Å²) in [6, 6.07) is 9.27. The van der Waals surface area contributed by atoms with Gasteiger partial charge < -0.3 is 0 Å². The van der Waals surface area contributed by atoms with Crippen molar-refractivity contribution in [1.82, 2.24) is 0 Å². The Kier molecular flexibility index (Phi) is 2.63. The van der Waals surface area contributed by atoms with Gasteiger partial charge in [0.2, 0.25) is 0 Å².